The highest BCUT2D eigenvalue weighted by atomic mass is 32.2. The van der Waals surface area contributed by atoms with Crippen molar-refractivity contribution < 1.29 is 36.2 Å². The minimum absolute atomic E-state index is 0.0124. The van der Waals surface area contributed by atoms with Crippen molar-refractivity contribution in [2.24, 2.45) is 5.92 Å². The van der Waals surface area contributed by atoms with Crippen LogP contribution in [-0.2, 0) is 32.6 Å². The fraction of sp³-hybridized carbons (Fsp3) is 0.458. The number of halogens is 2. The molecule has 0 radical (unpaired) electrons. The molecule has 34 heavy (non-hydrogen) atoms. The molecule has 2 aliphatic heterocycles. The number of esters is 1. The number of benzene rings is 2. The van der Waals surface area contributed by atoms with E-state index in [2.05, 4.69) is 0 Å². The number of carbonyl (C=O) groups excluding carboxylic acids is 1. The maximum Gasteiger partial charge on any atom is 0.309 e. The molecule has 0 saturated carbocycles. The fourth-order valence-corrected chi connectivity index (χ4v) is 5.82. The Morgan fingerprint density at radius 2 is 1.91 bits per heavy atom. The van der Waals surface area contributed by atoms with Gasteiger partial charge in [-0.3, -0.25) is 4.79 Å². The fourth-order valence-electron chi connectivity index (χ4n) is 4.31. The van der Waals surface area contributed by atoms with Crippen LogP contribution in [0.4, 0.5) is 8.78 Å². The summed E-state index contributed by atoms with van der Waals surface area (Å²) >= 11 is 0. The molecular weight excluding hydrogens is 468 g/mol. The monoisotopic (exact) mass is 495 g/mol. The Morgan fingerprint density at radius 3 is 2.59 bits per heavy atom. The number of nitrogens with zero attached hydrogens (tertiary/aromatic N) is 1. The van der Waals surface area contributed by atoms with Gasteiger partial charge in [-0.05, 0) is 51.0 Å². The zero-order valence-corrected chi connectivity index (χ0v) is 19.9. The Morgan fingerprint density at radius 1 is 1.18 bits per heavy atom. The molecule has 2 aromatic rings. The molecule has 10 heteroatoms. The number of piperidine rings is 1. The lowest BCUT2D eigenvalue weighted by Gasteiger charge is -2.30. The van der Waals surface area contributed by atoms with Gasteiger partial charge in [0.25, 0.3) is 0 Å². The van der Waals surface area contributed by atoms with Gasteiger partial charge in [0.1, 0.15) is 40.7 Å². The summed E-state index contributed by atoms with van der Waals surface area (Å²) in [6.07, 6.45) is 1.35. The van der Waals surface area contributed by atoms with Gasteiger partial charge in [-0.2, -0.15) is 4.31 Å². The second kappa shape index (κ2) is 9.87. The van der Waals surface area contributed by atoms with Crippen molar-refractivity contribution >= 4 is 16.0 Å². The smallest absolute Gasteiger partial charge is 0.309 e. The zero-order chi connectivity index (χ0) is 24.5. The Balaban J connectivity index is 1.37. The Labute approximate surface area is 197 Å². The standard InChI is InChI=1S/C24H27F2NO6S/c1-3-31-21-11-17-10-15(2)33-22(17)12-18(21)14-32-24(28)16-6-8-27(9-7-16)34(29,30)23-5-4-19(25)13-20(23)26/h4-5,11-13,15-16H,3,6-10,14H2,1-2H3. The van der Waals surface area contributed by atoms with E-state index in [1.54, 1.807) is 0 Å². The van der Waals surface area contributed by atoms with Crippen LogP contribution in [0, 0.1) is 17.6 Å². The van der Waals surface area contributed by atoms with Gasteiger partial charge in [0.15, 0.2) is 0 Å². The molecule has 7 nitrogen and oxygen atoms in total. The van der Waals surface area contributed by atoms with E-state index in [1.165, 1.54) is 0 Å². The molecule has 1 atom stereocenters. The maximum absolute atomic E-state index is 14.0. The molecule has 0 aliphatic carbocycles. The number of fused-ring (bicyclic) bond motifs is 1. The number of rotatable bonds is 7. The van der Waals surface area contributed by atoms with Crippen molar-refractivity contribution in [3.63, 3.8) is 0 Å². The van der Waals surface area contributed by atoms with E-state index in [0.29, 0.717) is 24.0 Å². The molecule has 0 N–H and O–H groups in total. The summed E-state index contributed by atoms with van der Waals surface area (Å²) < 4.78 is 70.8. The number of hydrogen-bond donors (Lipinski definition) is 0. The lowest BCUT2D eigenvalue weighted by atomic mass is 9.98. The summed E-state index contributed by atoms with van der Waals surface area (Å²) in [5.74, 6) is -1.50. The third kappa shape index (κ3) is 5.02. The van der Waals surface area contributed by atoms with Gasteiger partial charge in [0.05, 0.1) is 12.5 Å². The molecule has 2 aromatic carbocycles. The van der Waals surface area contributed by atoms with E-state index < -0.39 is 38.4 Å². The van der Waals surface area contributed by atoms with Gasteiger partial charge in [-0.15, -0.1) is 0 Å². The molecule has 1 fully saturated rings. The van der Waals surface area contributed by atoms with Crippen LogP contribution in [0.3, 0.4) is 0 Å². The normalized spacial score (nSPS) is 18.9. The van der Waals surface area contributed by atoms with Crippen LogP contribution in [0.5, 0.6) is 11.5 Å². The lowest BCUT2D eigenvalue weighted by molar-refractivity contribution is -0.151. The van der Waals surface area contributed by atoms with Crippen molar-refractivity contribution in [2.45, 2.75) is 50.7 Å². The van der Waals surface area contributed by atoms with Crippen LogP contribution in [-0.4, -0.2) is 44.5 Å². The van der Waals surface area contributed by atoms with E-state index >= 15 is 0 Å². The SMILES string of the molecule is CCOc1cc2c(cc1COC(=O)C1CCN(S(=O)(=O)c3ccc(F)cc3F)CC1)OC(C)C2. The molecule has 0 amide bonds. The zero-order valence-electron chi connectivity index (χ0n) is 19.1. The van der Waals surface area contributed by atoms with Crippen LogP contribution in [0.15, 0.2) is 35.2 Å². The van der Waals surface area contributed by atoms with E-state index in [-0.39, 0.29) is 38.6 Å². The first kappa shape index (κ1) is 24.4. The van der Waals surface area contributed by atoms with E-state index in [1.807, 2.05) is 26.0 Å². The molecule has 1 unspecified atom stereocenters. The molecule has 2 aliphatic rings. The summed E-state index contributed by atoms with van der Waals surface area (Å²) in [6.45, 7) is 4.41. The summed E-state index contributed by atoms with van der Waals surface area (Å²) in [5, 5.41) is 0. The van der Waals surface area contributed by atoms with Crippen LogP contribution >= 0.6 is 0 Å². The van der Waals surface area contributed by atoms with Gasteiger partial charge in [-0.25, -0.2) is 17.2 Å². The number of ether oxygens (including phenoxy) is 3. The van der Waals surface area contributed by atoms with Crippen molar-refractivity contribution in [3.8, 4) is 11.5 Å². The van der Waals surface area contributed by atoms with Gasteiger partial charge >= 0.3 is 5.97 Å². The van der Waals surface area contributed by atoms with Gasteiger partial charge in [0, 0.05) is 36.7 Å². The van der Waals surface area contributed by atoms with Crippen molar-refractivity contribution in [1.82, 2.24) is 4.31 Å². The third-order valence-electron chi connectivity index (χ3n) is 6.05. The number of sulfonamides is 1. The summed E-state index contributed by atoms with van der Waals surface area (Å²) in [4.78, 5) is 12.1. The molecule has 0 bridgehead atoms. The minimum atomic E-state index is -4.13. The summed E-state index contributed by atoms with van der Waals surface area (Å²) in [5.41, 5.74) is 1.76. The Kier molecular flexibility index (Phi) is 7.09. The summed E-state index contributed by atoms with van der Waals surface area (Å²) in [6, 6.07) is 6.11. The second-order valence-corrected chi connectivity index (χ2v) is 10.4. The van der Waals surface area contributed by atoms with Crippen LogP contribution in [0.25, 0.3) is 0 Å². The lowest BCUT2D eigenvalue weighted by Crippen LogP contribution is -2.40. The summed E-state index contributed by atoms with van der Waals surface area (Å²) in [7, 11) is -4.13. The number of hydrogen-bond acceptors (Lipinski definition) is 6. The molecule has 0 spiro atoms. The van der Waals surface area contributed by atoms with Crippen LogP contribution in [0.1, 0.15) is 37.8 Å². The maximum atomic E-state index is 14.0. The predicted octanol–water partition coefficient (Wildman–Crippen LogP) is 3.83. The quantitative estimate of drug-likeness (QED) is 0.543. The topological polar surface area (TPSA) is 82.1 Å². The first-order valence-electron chi connectivity index (χ1n) is 11.3. The Hall–Kier alpha value is -2.72. The predicted molar refractivity (Wildman–Crippen MR) is 119 cm³/mol. The largest absolute Gasteiger partial charge is 0.493 e. The van der Waals surface area contributed by atoms with Gasteiger partial charge in [-0.1, -0.05) is 0 Å². The van der Waals surface area contributed by atoms with E-state index in [0.717, 1.165) is 34.2 Å². The molecule has 2 heterocycles. The molecular formula is C24H27F2NO6S. The highest BCUT2D eigenvalue weighted by Crippen LogP contribution is 2.36. The number of carbonyl (C=O) groups is 1. The third-order valence-corrected chi connectivity index (χ3v) is 7.98. The van der Waals surface area contributed by atoms with Crippen LogP contribution in [0.2, 0.25) is 0 Å². The molecule has 4 rings (SSSR count). The van der Waals surface area contributed by atoms with Crippen LogP contribution < -0.4 is 9.47 Å². The van der Waals surface area contributed by atoms with Crippen molar-refractivity contribution in [1.29, 1.82) is 0 Å². The minimum Gasteiger partial charge on any atom is -0.493 e. The van der Waals surface area contributed by atoms with Gasteiger partial charge < -0.3 is 14.2 Å². The van der Waals surface area contributed by atoms with E-state index in [4.69, 9.17) is 14.2 Å². The average Bonchev–Trinajstić information content (AvgIpc) is 3.16. The van der Waals surface area contributed by atoms with E-state index in [9.17, 15) is 22.0 Å². The average molecular weight is 496 g/mol. The molecule has 184 valence electrons. The highest BCUT2D eigenvalue weighted by molar-refractivity contribution is 7.89. The van der Waals surface area contributed by atoms with Crippen molar-refractivity contribution in [2.75, 3.05) is 19.7 Å². The highest BCUT2D eigenvalue weighted by Gasteiger charge is 2.34. The first-order valence-corrected chi connectivity index (χ1v) is 12.7. The Bertz CT molecular complexity index is 1180. The second-order valence-electron chi connectivity index (χ2n) is 8.49. The molecule has 0 aromatic heterocycles. The first-order chi connectivity index (χ1) is 16.2. The van der Waals surface area contributed by atoms with Crippen molar-refractivity contribution in [3.05, 3.63) is 53.1 Å². The molecule has 1 saturated heterocycles. The van der Waals surface area contributed by atoms with Gasteiger partial charge in [0.2, 0.25) is 10.0 Å².